The summed E-state index contributed by atoms with van der Waals surface area (Å²) in [6.45, 7) is 8.08. The van der Waals surface area contributed by atoms with Gasteiger partial charge in [-0.1, -0.05) is 60.7 Å². The Morgan fingerprint density at radius 1 is 0.531 bits per heavy atom. The summed E-state index contributed by atoms with van der Waals surface area (Å²) in [5.41, 5.74) is 8.55. The van der Waals surface area contributed by atoms with E-state index >= 15 is 0 Å². The van der Waals surface area contributed by atoms with Crippen LogP contribution < -0.4 is 37.3 Å². The van der Waals surface area contributed by atoms with Gasteiger partial charge < -0.3 is 11.0 Å². The van der Waals surface area contributed by atoms with Crippen molar-refractivity contribution < 1.29 is 85.2 Å². The number of thiazole rings is 2. The molecule has 0 aliphatic carbocycles. The maximum absolute atomic E-state index is 8.49. The molecule has 0 atom stereocenters. The molecule has 0 amide bonds. The fraction of sp³-hybridized carbons (Fsp3) is 0.143. The van der Waals surface area contributed by atoms with Crippen LogP contribution in [0, 0.1) is 48.2 Å². The second-order valence-electron chi connectivity index (χ2n) is 9.20. The molecule has 4 heterocycles. The van der Waals surface area contributed by atoms with Gasteiger partial charge in [-0.25, -0.2) is 56.6 Å². The van der Waals surface area contributed by atoms with Crippen LogP contribution in [0.3, 0.4) is 0 Å². The SMILES string of the molecule is Cc1cc(C)n(-c2nc(-c3ccccc3)cs2)n1.Cc1cc(C)n(-c2nc(-c3ccccc3)cs2)n1.[Ni+2].[O-][Cl+3]([O-])([O-])[O-].[O-][Cl+3]([O-])([O-])[O-].[OH3+].[OH3+]. The zero-order valence-corrected chi connectivity index (χ0v) is 30.2. The average molecular weight is 806 g/mol. The van der Waals surface area contributed by atoms with Crippen LogP contribution in [0.4, 0.5) is 0 Å². The van der Waals surface area contributed by atoms with Crippen molar-refractivity contribution in [2.75, 3.05) is 0 Å². The largest absolute Gasteiger partial charge is 2.00 e. The Hall–Kier alpha value is -3.21. The van der Waals surface area contributed by atoms with Gasteiger partial charge in [-0.15, -0.1) is 43.2 Å². The Morgan fingerprint density at radius 3 is 1.06 bits per heavy atom. The maximum atomic E-state index is 8.49. The molecule has 0 aliphatic heterocycles. The minimum absolute atomic E-state index is 0. The minimum Gasteiger partial charge on any atom is -0.457 e. The molecule has 0 fully saturated rings. The monoisotopic (exact) mass is 804 g/mol. The first-order chi connectivity index (χ1) is 21.5. The van der Waals surface area contributed by atoms with E-state index in [2.05, 4.69) is 67.3 Å². The number of halogens is 2. The van der Waals surface area contributed by atoms with Crippen LogP contribution in [0.25, 0.3) is 32.8 Å². The quantitative estimate of drug-likeness (QED) is 0.121. The summed E-state index contributed by atoms with van der Waals surface area (Å²) in [4.78, 5) is 9.29. The third kappa shape index (κ3) is 16.4. The summed E-state index contributed by atoms with van der Waals surface area (Å²) in [6, 6.07) is 24.5. The molecule has 0 bridgehead atoms. The van der Waals surface area contributed by atoms with Crippen LogP contribution in [0.1, 0.15) is 22.8 Å². The van der Waals surface area contributed by atoms with Gasteiger partial charge in [-0.2, -0.15) is 10.2 Å². The molecule has 0 unspecified atom stereocenters. The van der Waals surface area contributed by atoms with Crippen LogP contribution >= 0.6 is 22.7 Å². The Labute approximate surface area is 302 Å². The van der Waals surface area contributed by atoms with Crippen molar-refractivity contribution in [1.29, 1.82) is 0 Å². The Morgan fingerprint density at radius 2 is 0.816 bits per heavy atom. The van der Waals surface area contributed by atoms with E-state index in [0.29, 0.717) is 0 Å². The first-order valence-corrected chi connectivity index (χ1v) is 17.0. The predicted molar refractivity (Wildman–Crippen MR) is 158 cm³/mol. The van der Waals surface area contributed by atoms with E-state index < -0.39 is 20.5 Å². The summed E-state index contributed by atoms with van der Waals surface area (Å²) < 4.78 is 71.7. The number of nitrogens with zero attached hydrogens (tertiary/aromatic N) is 6. The minimum atomic E-state index is -4.94. The van der Waals surface area contributed by atoms with Crippen molar-refractivity contribution in [2.45, 2.75) is 27.7 Å². The second-order valence-corrected chi connectivity index (χ2v) is 12.4. The van der Waals surface area contributed by atoms with Gasteiger partial charge in [0.25, 0.3) is 0 Å². The fourth-order valence-electron chi connectivity index (χ4n) is 3.85. The van der Waals surface area contributed by atoms with Crippen molar-refractivity contribution in [3.8, 4) is 32.8 Å². The molecule has 6 rings (SSSR count). The van der Waals surface area contributed by atoms with Gasteiger partial charge in [0.1, 0.15) is 0 Å². The van der Waals surface area contributed by atoms with Gasteiger partial charge in [-0.05, 0) is 39.8 Å². The predicted octanol–water partition coefficient (Wildman–Crippen LogP) is -4.13. The Kier molecular flexibility index (Phi) is 19.1. The molecule has 2 aromatic carbocycles. The van der Waals surface area contributed by atoms with E-state index in [9.17, 15) is 0 Å². The second kappa shape index (κ2) is 20.5. The maximum Gasteiger partial charge on any atom is 2.00 e. The van der Waals surface area contributed by atoms with Gasteiger partial charge in [0.2, 0.25) is 10.3 Å². The third-order valence-electron chi connectivity index (χ3n) is 5.50. The normalized spacial score (nSPS) is 10.4. The molecule has 0 saturated heterocycles. The van der Waals surface area contributed by atoms with E-state index in [4.69, 9.17) is 37.3 Å². The molecular formula is C28H32Cl2N6NiO10S2+2. The Bertz CT molecular complexity index is 1670. The average Bonchev–Trinajstić information content (AvgIpc) is 3.75. The number of aryl methyl sites for hydroxylation is 4. The number of hydrogen-bond donors (Lipinski definition) is 0. The van der Waals surface area contributed by atoms with Crippen molar-refractivity contribution in [2.24, 2.45) is 0 Å². The zero-order chi connectivity index (χ0) is 34.1. The molecule has 49 heavy (non-hydrogen) atoms. The van der Waals surface area contributed by atoms with Gasteiger partial charge in [-0.3, -0.25) is 0 Å². The van der Waals surface area contributed by atoms with E-state index in [1.54, 1.807) is 22.7 Å². The number of hydrogen-bond acceptors (Lipinski definition) is 14. The van der Waals surface area contributed by atoms with Gasteiger partial charge >= 0.3 is 16.5 Å². The standard InChI is InChI=1S/2C14H13N3S.2ClHO4.Ni.2H2O/c2*1-10-8-11(2)17(16-10)14-15-13(9-18-14)12-6-4-3-5-7-12;2*2-1(3,4)5;;;/h2*3-9H,1-2H3;2*(H,2,3,4,5);;2*1H2/q;;;;+2;;. The van der Waals surface area contributed by atoms with Crippen molar-refractivity contribution in [1.82, 2.24) is 29.5 Å². The summed E-state index contributed by atoms with van der Waals surface area (Å²) in [7, 11) is -9.89. The van der Waals surface area contributed by atoms with Crippen LogP contribution in [0.15, 0.2) is 83.6 Å². The Balaban J connectivity index is 0.000000707. The zero-order valence-electron chi connectivity index (χ0n) is 26.1. The summed E-state index contributed by atoms with van der Waals surface area (Å²) in [5.74, 6) is 0. The topological polar surface area (TPSA) is 312 Å². The van der Waals surface area contributed by atoms with Crippen molar-refractivity contribution in [3.63, 3.8) is 0 Å². The molecule has 0 spiro atoms. The van der Waals surface area contributed by atoms with E-state index in [1.807, 2.05) is 73.5 Å². The van der Waals surface area contributed by atoms with Crippen molar-refractivity contribution >= 4 is 22.7 Å². The first kappa shape index (κ1) is 45.8. The van der Waals surface area contributed by atoms with E-state index in [1.165, 1.54) is 0 Å². The van der Waals surface area contributed by atoms with E-state index in [-0.39, 0.29) is 27.4 Å². The van der Waals surface area contributed by atoms with Crippen LogP contribution in [-0.2, 0) is 27.4 Å². The first-order valence-electron chi connectivity index (χ1n) is 12.8. The molecule has 16 nitrogen and oxygen atoms in total. The van der Waals surface area contributed by atoms with E-state index in [0.717, 1.165) is 55.6 Å². The molecule has 0 aliphatic rings. The molecular weight excluding hydrogens is 774 g/mol. The van der Waals surface area contributed by atoms with Gasteiger partial charge in [0, 0.05) is 33.3 Å². The van der Waals surface area contributed by atoms with Gasteiger partial charge in [0.15, 0.2) is 0 Å². The molecule has 0 radical (unpaired) electrons. The van der Waals surface area contributed by atoms with Crippen LogP contribution in [0.5, 0.6) is 0 Å². The summed E-state index contributed by atoms with van der Waals surface area (Å²) in [6.07, 6.45) is 0. The van der Waals surface area contributed by atoms with Gasteiger partial charge in [0.05, 0.1) is 22.8 Å². The number of rotatable bonds is 4. The smallest absolute Gasteiger partial charge is 0.457 e. The molecule has 6 aromatic rings. The molecule has 21 heteroatoms. The number of benzene rings is 2. The van der Waals surface area contributed by atoms with Crippen molar-refractivity contribution in [3.05, 3.63) is 106 Å². The molecule has 4 aromatic heterocycles. The molecule has 268 valence electrons. The summed E-state index contributed by atoms with van der Waals surface area (Å²) in [5, 5.41) is 14.9. The molecule has 6 N–H and O–H groups in total. The number of aromatic nitrogens is 6. The summed E-state index contributed by atoms with van der Waals surface area (Å²) >= 11 is 3.23. The fourth-order valence-corrected chi connectivity index (χ4v) is 5.53. The third-order valence-corrected chi connectivity index (χ3v) is 7.14. The van der Waals surface area contributed by atoms with Crippen LogP contribution in [0.2, 0.25) is 0 Å². The molecule has 0 saturated carbocycles. The van der Waals surface area contributed by atoms with Crippen LogP contribution in [-0.4, -0.2) is 29.5 Å².